The maximum absolute atomic E-state index is 12.0. The highest BCUT2D eigenvalue weighted by Gasteiger charge is 2.34. The minimum absolute atomic E-state index is 0.0440. The molecule has 0 fully saturated rings. The average molecular weight is 363 g/mol. The number of carbonyl (C=O) groups excluding carboxylic acids is 1. The first-order chi connectivity index (χ1) is 7.74. The van der Waals surface area contributed by atoms with Gasteiger partial charge in [0.25, 0.3) is 0 Å². The lowest BCUT2D eigenvalue weighted by atomic mass is 10.3. The summed E-state index contributed by atoms with van der Waals surface area (Å²) in [6.45, 7) is 0. The lowest BCUT2D eigenvalue weighted by Gasteiger charge is -2.12. The zero-order chi connectivity index (χ0) is 13.2. The van der Waals surface area contributed by atoms with Crippen LogP contribution in [0.5, 0.6) is 11.5 Å². The van der Waals surface area contributed by atoms with Crippen LogP contribution < -0.4 is 4.74 Å². The van der Waals surface area contributed by atoms with Crippen LogP contribution in [0.25, 0.3) is 0 Å². The molecule has 9 heteroatoms. The van der Waals surface area contributed by atoms with Gasteiger partial charge in [-0.05, 0) is 22.6 Å². The van der Waals surface area contributed by atoms with Gasteiger partial charge in [-0.25, -0.2) is 9.78 Å². The van der Waals surface area contributed by atoms with Crippen molar-refractivity contribution < 1.29 is 32.5 Å². The van der Waals surface area contributed by atoms with E-state index in [-0.39, 0.29) is 3.70 Å². The third-order valence-corrected chi connectivity index (χ3v) is 2.32. The highest BCUT2D eigenvalue weighted by Crippen LogP contribution is 2.31. The number of ether oxygens (including phenoxy) is 2. The molecule has 1 heterocycles. The molecule has 0 amide bonds. The molecule has 0 aliphatic carbocycles. The normalized spacial score (nSPS) is 11.1. The molecule has 1 N–H and O–H groups in total. The average Bonchev–Trinajstić information content (AvgIpc) is 2.20. The minimum atomic E-state index is -5.00. The van der Waals surface area contributed by atoms with Gasteiger partial charge in [0.05, 0.1) is 7.11 Å². The maximum atomic E-state index is 12.0. The summed E-state index contributed by atoms with van der Waals surface area (Å²) >= 11 is 1.55. The van der Waals surface area contributed by atoms with Crippen molar-refractivity contribution in [3.63, 3.8) is 0 Å². The van der Waals surface area contributed by atoms with E-state index in [1.54, 1.807) is 22.6 Å². The number of esters is 1. The van der Waals surface area contributed by atoms with Gasteiger partial charge < -0.3 is 14.6 Å². The Labute approximate surface area is 107 Å². The van der Waals surface area contributed by atoms with E-state index < -0.39 is 29.5 Å². The van der Waals surface area contributed by atoms with Crippen LogP contribution in [0, 0.1) is 3.70 Å². The third-order valence-electron chi connectivity index (χ3n) is 1.53. The van der Waals surface area contributed by atoms with Crippen LogP contribution in [-0.2, 0) is 4.74 Å². The fourth-order valence-corrected chi connectivity index (χ4v) is 1.30. The predicted octanol–water partition coefficient (Wildman–Crippen LogP) is 2.08. The summed E-state index contributed by atoms with van der Waals surface area (Å²) in [6, 6.07) is 0.647. The number of hydrogen-bond acceptors (Lipinski definition) is 5. The fraction of sp³-hybridized carbons (Fsp3) is 0.250. The zero-order valence-corrected chi connectivity index (χ0v) is 10.4. The first kappa shape index (κ1) is 13.8. The van der Waals surface area contributed by atoms with Crippen molar-refractivity contribution in [2.24, 2.45) is 0 Å². The molecular formula is C8H5F3INO4. The molecular weight excluding hydrogens is 358 g/mol. The fourth-order valence-electron chi connectivity index (χ4n) is 0.908. The van der Waals surface area contributed by atoms with E-state index in [2.05, 4.69) is 14.5 Å². The van der Waals surface area contributed by atoms with Crippen LogP contribution in [-0.4, -0.2) is 29.5 Å². The lowest BCUT2D eigenvalue weighted by molar-refractivity contribution is -0.274. The molecule has 0 unspecified atom stereocenters. The van der Waals surface area contributed by atoms with Crippen LogP contribution in [0.4, 0.5) is 13.2 Å². The molecule has 0 spiro atoms. The molecule has 5 nitrogen and oxygen atoms in total. The second kappa shape index (κ2) is 4.94. The number of carbonyl (C=O) groups is 1. The summed E-state index contributed by atoms with van der Waals surface area (Å²) in [5.74, 6) is -2.54. The number of rotatable bonds is 2. The molecule has 0 saturated carbocycles. The predicted molar refractivity (Wildman–Crippen MR) is 56.6 cm³/mol. The maximum Gasteiger partial charge on any atom is 0.573 e. The molecule has 1 rings (SSSR count). The van der Waals surface area contributed by atoms with Gasteiger partial charge in [-0.1, -0.05) is 0 Å². The van der Waals surface area contributed by atoms with Crippen LogP contribution in [0.3, 0.4) is 0 Å². The summed E-state index contributed by atoms with van der Waals surface area (Å²) in [5.41, 5.74) is -0.660. The molecule has 0 aromatic carbocycles. The van der Waals surface area contributed by atoms with E-state index in [1.165, 1.54) is 0 Å². The number of aromatic nitrogens is 1. The lowest BCUT2D eigenvalue weighted by Crippen LogP contribution is -2.20. The molecule has 0 aliphatic heterocycles. The Balaban J connectivity index is 3.26. The van der Waals surface area contributed by atoms with Gasteiger partial charge in [0.2, 0.25) is 0 Å². The topological polar surface area (TPSA) is 68.7 Å². The molecule has 1 aromatic heterocycles. The van der Waals surface area contributed by atoms with Crippen LogP contribution >= 0.6 is 22.6 Å². The van der Waals surface area contributed by atoms with Crippen molar-refractivity contribution >= 4 is 28.6 Å². The van der Waals surface area contributed by atoms with E-state index in [0.717, 1.165) is 7.11 Å². The van der Waals surface area contributed by atoms with E-state index in [0.29, 0.717) is 6.07 Å². The number of halogens is 4. The van der Waals surface area contributed by atoms with Crippen molar-refractivity contribution in [2.75, 3.05) is 7.11 Å². The second-order valence-corrected chi connectivity index (χ2v) is 3.71. The molecule has 0 bridgehead atoms. The van der Waals surface area contributed by atoms with Gasteiger partial charge in [0.1, 0.15) is 3.70 Å². The van der Waals surface area contributed by atoms with Crippen molar-refractivity contribution in [3.05, 3.63) is 15.5 Å². The van der Waals surface area contributed by atoms with Crippen LogP contribution in [0.1, 0.15) is 10.5 Å². The van der Waals surface area contributed by atoms with Gasteiger partial charge in [-0.15, -0.1) is 13.2 Å². The van der Waals surface area contributed by atoms with Gasteiger partial charge in [0.15, 0.2) is 17.2 Å². The van der Waals surface area contributed by atoms with E-state index in [4.69, 9.17) is 0 Å². The highest BCUT2D eigenvalue weighted by atomic mass is 127. The number of methoxy groups -OCH3 is 1. The molecule has 17 heavy (non-hydrogen) atoms. The molecule has 1 aromatic rings. The van der Waals surface area contributed by atoms with E-state index >= 15 is 0 Å². The van der Waals surface area contributed by atoms with Gasteiger partial charge in [-0.2, -0.15) is 0 Å². The van der Waals surface area contributed by atoms with Crippen molar-refractivity contribution in [1.82, 2.24) is 4.98 Å². The minimum Gasteiger partial charge on any atom is -0.505 e. The van der Waals surface area contributed by atoms with Crippen LogP contribution in [0.2, 0.25) is 0 Å². The number of hydrogen-bond donors (Lipinski definition) is 1. The molecule has 0 atom stereocenters. The Bertz CT molecular complexity index is 449. The smallest absolute Gasteiger partial charge is 0.505 e. The first-order valence-corrected chi connectivity index (χ1v) is 5.06. The number of pyridine rings is 1. The second-order valence-electron chi connectivity index (χ2n) is 2.68. The Hall–Kier alpha value is -1.26. The van der Waals surface area contributed by atoms with E-state index in [1.807, 2.05) is 0 Å². The van der Waals surface area contributed by atoms with Crippen molar-refractivity contribution in [1.29, 1.82) is 0 Å². The number of nitrogens with zero attached hydrogens (tertiary/aromatic N) is 1. The monoisotopic (exact) mass is 363 g/mol. The van der Waals surface area contributed by atoms with Gasteiger partial charge >= 0.3 is 12.3 Å². The zero-order valence-electron chi connectivity index (χ0n) is 8.21. The van der Waals surface area contributed by atoms with Crippen molar-refractivity contribution in [2.45, 2.75) is 6.36 Å². The summed E-state index contributed by atoms with van der Waals surface area (Å²) < 4.78 is 43.9. The van der Waals surface area contributed by atoms with Gasteiger partial charge in [0, 0.05) is 6.07 Å². The summed E-state index contributed by atoms with van der Waals surface area (Å²) in [5, 5.41) is 9.21. The highest BCUT2D eigenvalue weighted by molar-refractivity contribution is 14.1. The van der Waals surface area contributed by atoms with Crippen molar-refractivity contribution in [3.8, 4) is 11.5 Å². The SMILES string of the molecule is COC(=O)c1nc(I)c(O)cc1OC(F)(F)F. The van der Waals surface area contributed by atoms with Gasteiger partial charge in [-0.3, -0.25) is 0 Å². The largest absolute Gasteiger partial charge is 0.573 e. The Morgan fingerprint density at radius 2 is 2.12 bits per heavy atom. The number of aromatic hydroxyl groups is 1. The Kier molecular flexibility index (Phi) is 4.01. The molecule has 0 aliphatic rings. The Morgan fingerprint density at radius 1 is 1.53 bits per heavy atom. The summed E-state index contributed by atoms with van der Waals surface area (Å²) in [4.78, 5) is 14.6. The van der Waals surface area contributed by atoms with E-state index in [9.17, 15) is 23.1 Å². The quantitative estimate of drug-likeness (QED) is 0.495. The molecule has 0 radical (unpaired) electrons. The molecule has 0 saturated heterocycles. The third kappa shape index (κ3) is 3.61. The first-order valence-electron chi connectivity index (χ1n) is 3.98. The standard InChI is InChI=1S/C8H5F3INO4/c1-16-7(15)5-4(17-8(9,10)11)2-3(14)6(12)13-5/h2,14H,1H3. The molecule has 94 valence electrons. The number of alkyl halides is 3. The summed E-state index contributed by atoms with van der Waals surface area (Å²) in [7, 11) is 0.987. The summed E-state index contributed by atoms with van der Waals surface area (Å²) in [6.07, 6.45) is -5.00. The van der Waals surface area contributed by atoms with Crippen LogP contribution in [0.15, 0.2) is 6.07 Å². The Morgan fingerprint density at radius 3 is 2.59 bits per heavy atom.